The van der Waals surface area contributed by atoms with Gasteiger partial charge in [0.25, 0.3) is 0 Å². The molecule has 214 valence electrons. The van der Waals surface area contributed by atoms with E-state index in [1.807, 2.05) is 20.2 Å². The minimum Gasteiger partial charge on any atom is -0.457 e. The van der Waals surface area contributed by atoms with Crippen LogP contribution in [0.15, 0.2) is 47.1 Å². The first-order chi connectivity index (χ1) is 19.0. The summed E-state index contributed by atoms with van der Waals surface area (Å²) in [7, 11) is 4.03. The topological polar surface area (TPSA) is 90.0 Å². The molecule has 5 rings (SSSR count). The zero-order valence-corrected chi connectivity index (χ0v) is 24.4. The number of fused-ring (bicyclic) bond motifs is 4. The van der Waals surface area contributed by atoms with Gasteiger partial charge < -0.3 is 14.4 Å². The number of ketones is 2. The number of carbonyl (C=O) groups excluding carboxylic acids is 4. The predicted molar refractivity (Wildman–Crippen MR) is 152 cm³/mol. The van der Waals surface area contributed by atoms with E-state index in [4.69, 9.17) is 9.47 Å². The fourth-order valence-corrected chi connectivity index (χ4v) is 8.24. The highest BCUT2D eigenvalue weighted by Gasteiger charge is 2.68. The SMILES string of the molecule is CCC(=O)OCC(=O)[C@@]1(OC(C)=O)CC[C@H]2[C@@H]3CCC4=CC(=O)CCC4=C3[C@@H](c3ccc(N(C)C)cc3)C[C@@]21C. The number of allylic oxidation sites excluding steroid dienone is 4. The average Bonchev–Trinajstić information content (AvgIpc) is 3.22. The Morgan fingerprint density at radius 2 is 1.77 bits per heavy atom. The number of nitrogens with zero attached hydrogens (tertiary/aromatic N) is 1. The molecule has 0 amide bonds. The molecule has 0 saturated heterocycles. The van der Waals surface area contributed by atoms with Crippen LogP contribution in [0.2, 0.25) is 0 Å². The van der Waals surface area contributed by atoms with Crippen molar-refractivity contribution in [1.82, 2.24) is 0 Å². The van der Waals surface area contributed by atoms with Crippen molar-refractivity contribution in [2.24, 2.45) is 17.3 Å². The molecule has 7 nitrogen and oxygen atoms in total. The van der Waals surface area contributed by atoms with E-state index in [1.54, 1.807) is 6.92 Å². The van der Waals surface area contributed by atoms with Gasteiger partial charge in [0.2, 0.25) is 5.78 Å². The van der Waals surface area contributed by atoms with Crippen molar-refractivity contribution in [1.29, 1.82) is 0 Å². The summed E-state index contributed by atoms with van der Waals surface area (Å²) in [6.07, 6.45) is 6.87. The van der Waals surface area contributed by atoms with Crippen LogP contribution in [0.3, 0.4) is 0 Å². The van der Waals surface area contributed by atoms with E-state index in [0.29, 0.717) is 19.3 Å². The normalized spacial score (nSPS) is 31.0. The van der Waals surface area contributed by atoms with Crippen LogP contribution in [0.4, 0.5) is 5.69 Å². The van der Waals surface area contributed by atoms with Gasteiger partial charge in [0.15, 0.2) is 18.0 Å². The lowest BCUT2D eigenvalue weighted by atomic mass is 9.50. The third-order valence-electron chi connectivity index (χ3n) is 10.1. The Kier molecular flexibility index (Phi) is 7.53. The van der Waals surface area contributed by atoms with Gasteiger partial charge in [0, 0.05) is 50.9 Å². The van der Waals surface area contributed by atoms with Crippen molar-refractivity contribution < 1.29 is 28.7 Å². The van der Waals surface area contributed by atoms with Gasteiger partial charge in [-0.25, -0.2) is 0 Å². The second-order valence-electron chi connectivity index (χ2n) is 12.4. The lowest BCUT2D eigenvalue weighted by Crippen LogP contribution is -2.58. The smallest absolute Gasteiger partial charge is 0.305 e. The first-order valence-electron chi connectivity index (χ1n) is 14.6. The Hall–Kier alpha value is -3.22. The maximum absolute atomic E-state index is 14.0. The summed E-state index contributed by atoms with van der Waals surface area (Å²) in [5.74, 6) is -0.683. The quantitative estimate of drug-likeness (QED) is 0.418. The summed E-state index contributed by atoms with van der Waals surface area (Å²) in [5.41, 5.74) is 4.19. The first-order valence-corrected chi connectivity index (χ1v) is 14.6. The zero-order chi connectivity index (χ0) is 28.8. The molecule has 40 heavy (non-hydrogen) atoms. The van der Waals surface area contributed by atoms with Crippen molar-refractivity contribution in [3.63, 3.8) is 0 Å². The van der Waals surface area contributed by atoms with Gasteiger partial charge in [-0.1, -0.05) is 31.6 Å². The monoisotopic (exact) mass is 547 g/mol. The van der Waals surface area contributed by atoms with Crippen LogP contribution in [0.25, 0.3) is 0 Å². The van der Waals surface area contributed by atoms with Gasteiger partial charge >= 0.3 is 11.9 Å². The number of esters is 2. The second-order valence-corrected chi connectivity index (χ2v) is 12.4. The van der Waals surface area contributed by atoms with Crippen LogP contribution in [-0.4, -0.2) is 49.8 Å². The number of benzene rings is 1. The molecule has 1 aromatic rings. The highest BCUT2D eigenvalue weighted by atomic mass is 16.6. The van der Waals surface area contributed by atoms with Crippen LogP contribution < -0.4 is 4.90 Å². The van der Waals surface area contributed by atoms with Crippen LogP contribution >= 0.6 is 0 Å². The van der Waals surface area contributed by atoms with E-state index in [-0.39, 0.29) is 35.7 Å². The fourth-order valence-electron chi connectivity index (χ4n) is 8.24. The largest absolute Gasteiger partial charge is 0.457 e. The van der Waals surface area contributed by atoms with Gasteiger partial charge in [-0.2, -0.15) is 0 Å². The van der Waals surface area contributed by atoms with Gasteiger partial charge in [-0.15, -0.1) is 0 Å². The van der Waals surface area contributed by atoms with E-state index < -0.39 is 29.6 Å². The molecular formula is C33H41NO6. The highest BCUT2D eigenvalue weighted by Crippen LogP contribution is 2.67. The molecular weight excluding hydrogens is 506 g/mol. The maximum atomic E-state index is 14.0. The first kappa shape index (κ1) is 28.3. The van der Waals surface area contributed by atoms with Gasteiger partial charge in [-0.05, 0) is 85.3 Å². The van der Waals surface area contributed by atoms with E-state index in [9.17, 15) is 19.2 Å². The molecule has 0 heterocycles. The Morgan fingerprint density at radius 3 is 2.42 bits per heavy atom. The van der Waals surface area contributed by atoms with Crippen molar-refractivity contribution in [3.05, 3.63) is 52.6 Å². The molecule has 0 aliphatic heterocycles. The second kappa shape index (κ2) is 10.6. The Balaban J connectivity index is 1.64. The number of hydrogen-bond acceptors (Lipinski definition) is 7. The number of anilines is 1. The van der Waals surface area contributed by atoms with Crippen LogP contribution in [-0.2, 0) is 28.7 Å². The molecule has 2 saturated carbocycles. The molecule has 0 aromatic heterocycles. The molecule has 0 bridgehead atoms. The number of hydrogen-bond donors (Lipinski definition) is 0. The molecule has 5 atom stereocenters. The summed E-state index contributed by atoms with van der Waals surface area (Å²) < 4.78 is 11.4. The standard InChI is InChI=1S/C33H41NO6/c1-6-30(38)39-19-29(37)33(40-20(2)35)16-15-28-26-13-9-22-17-24(36)12-14-25(22)31(26)27(18-32(28,33)3)21-7-10-23(11-8-21)34(4)5/h7-8,10-11,17,26-28H,6,9,12-16,18-19H2,1-5H3/t26-,27+,28-,32-,33-/m0/s1. The molecule has 0 unspecified atom stereocenters. The molecule has 4 aliphatic carbocycles. The number of rotatable bonds is 7. The van der Waals surface area contributed by atoms with Gasteiger partial charge in [0.05, 0.1) is 0 Å². The van der Waals surface area contributed by atoms with Crippen molar-refractivity contribution >= 4 is 29.2 Å². The van der Waals surface area contributed by atoms with Gasteiger partial charge in [0.1, 0.15) is 0 Å². The Labute approximate surface area is 237 Å². The maximum Gasteiger partial charge on any atom is 0.305 e. The molecule has 0 radical (unpaired) electrons. The highest BCUT2D eigenvalue weighted by molar-refractivity contribution is 5.94. The molecule has 1 aromatic carbocycles. The third kappa shape index (κ3) is 4.61. The van der Waals surface area contributed by atoms with Crippen molar-refractivity contribution in [3.8, 4) is 0 Å². The van der Waals surface area contributed by atoms with Crippen molar-refractivity contribution in [2.45, 2.75) is 83.7 Å². The lowest BCUT2D eigenvalue weighted by Gasteiger charge is -2.55. The Bertz CT molecular complexity index is 1290. The van der Waals surface area contributed by atoms with E-state index in [2.05, 4.69) is 36.1 Å². The zero-order valence-electron chi connectivity index (χ0n) is 24.4. The lowest BCUT2D eigenvalue weighted by molar-refractivity contribution is -0.186. The van der Waals surface area contributed by atoms with Crippen LogP contribution in [0.5, 0.6) is 0 Å². The third-order valence-corrected chi connectivity index (χ3v) is 10.1. The summed E-state index contributed by atoms with van der Waals surface area (Å²) in [4.78, 5) is 52.8. The molecule has 2 fully saturated rings. The minimum atomic E-state index is -1.35. The van der Waals surface area contributed by atoms with Gasteiger partial charge in [-0.3, -0.25) is 19.2 Å². The van der Waals surface area contributed by atoms with Crippen LogP contribution in [0.1, 0.15) is 83.6 Å². The number of ether oxygens (including phenoxy) is 2. The average molecular weight is 548 g/mol. The number of Topliss-reactive ketones (excluding diaryl/α,β-unsaturated/α-hetero) is 1. The number of carbonyl (C=O) groups is 4. The summed E-state index contributed by atoms with van der Waals surface area (Å²) in [5, 5.41) is 0. The predicted octanol–water partition coefficient (Wildman–Crippen LogP) is 5.48. The molecule has 4 aliphatic rings. The van der Waals surface area contributed by atoms with E-state index in [1.165, 1.54) is 29.2 Å². The summed E-state index contributed by atoms with van der Waals surface area (Å²) in [6.45, 7) is 4.77. The Morgan fingerprint density at radius 1 is 1.05 bits per heavy atom. The summed E-state index contributed by atoms with van der Waals surface area (Å²) >= 11 is 0. The molecule has 0 N–H and O–H groups in total. The minimum absolute atomic E-state index is 0.0217. The van der Waals surface area contributed by atoms with Crippen LogP contribution in [0, 0.1) is 17.3 Å². The fraction of sp³-hybridized carbons (Fsp3) is 0.576. The van der Waals surface area contributed by atoms with Crippen molar-refractivity contribution in [2.75, 3.05) is 25.6 Å². The van der Waals surface area contributed by atoms with E-state index >= 15 is 0 Å². The molecule has 0 spiro atoms. The van der Waals surface area contributed by atoms with E-state index in [0.717, 1.165) is 31.4 Å². The summed E-state index contributed by atoms with van der Waals surface area (Å²) in [6, 6.07) is 8.59. The molecule has 7 heteroatoms.